The van der Waals surface area contributed by atoms with Gasteiger partial charge in [-0.15, -0.1) is 0 Å². The van der Waals surface area contributed by atoms with Gasteiger partial charge in [0.05, 0.1) is 11.6 Å². The number of rotatable bonds is 4. The van der Waals surface area contributed by atoms with Crippen molar-refractivity contribution in [2.45, 2.75) is 19.3 Å². The molecule has 0 saturated carbocycles. The van der Waals surface area contributed by atoms with Crippen LogP contribution in [0, 0.1) is 5.41 Å². The highest BCUT2D eigenvalue weighted by Crippen LogP contribution is 2.35. The highest BCUT2D eigenvalue weighted by Gasteiger charge is 2.32. The lowest BCUT2D eigenvalue weighted by Gasteiger charge is -2.35. The molecule has 4 heteroatoms. The van der Waals surface area contributed by atoms with Crippen molar-refractivity contribution in [3.63, 3.8) is 0 Å². The summed E-state index contributed by atoms with van der Waals surface area (Å²) in [5.74, 6) is 0.837. The maximum absolute atomic E-state index is 9.68. The van der Waals surface area contributed by atoms with Crippen LogP contribution < -0.4 is 4.74 Å². The van der Waals surface area contributed by atoms with Crippen molar-refractivity contribution in [3.05, 3.63) is 28.2 Å². The Morgan fingerprint density at radius 1 is 1.39 bits per heavy atom. The molecule has 100 valence electrons. The fourth-order valence-electron chi connectivity index (χ4n) is 2.45. The molecule has 1 heterocycles. The largest absolute Gasteiger partial charge is 0.496 e. The van der Waals surface area contributed by atoms with Crippen molar-refractivity contribution in [1.82, 2.24) is 0 Å². The highest BCUT2D eigenvalue weighted by atomic mass is 79.9. The average Bonchev–Trinajstić information content (AvgIpc) is 2.40. The van der Waals surface area contributed by atoms with E-state index in [1.807, 2.05) is 6.07 Å². The molecule has 2 rings (SSSR count). The number of benzene rings is 1. The first kappa shape index (κ1) is 13.8. The summed E-state index contributed by atoms with van der Waals surface area (Å²) >= 11 is 3.50. The van der Waals surface area contributed by atoms with Gasteiger partial charge in [-0.05, 0) is 52.9 Å². The van der Waals surface area contributed by atoms with Gasteiger partial charge in [-0.25, -0.2) is 0 Å². The first-order valence-corrected chi connectivity index (χ1v) is 6.99. The molecule has 0 bridgehead atoms. The number of halogens is 1. The van der Waals surface area contributed by atoms with Crippen LogP contribution in [-0.2, 0) is 11.2 Å². The smallest absolute Gasteiger partial charge is 0.133 e. The minimum atomic E-state index is -0.0215. The normalized spacial score (nSPS) is 18.6. The Hall–Kier alpha value is -0.580. The zero-order valence-corrected chi connectivity index (χ0v) is 12.2. The molecule has 1 aromatic rings. The molecule has 0 atom stereocenters. The second kappa shape index (κ2) is 6.04. The van der Waals surface area contributed by atoms with Crippen LogP contribution in [0.5, 0.6) is 5.75 Å². The number of methoxy groups -OCH3 is 1. The Morgan fingerprint density at radius 2 is 2.11 bits per heavy atom. The summed E-state index contributed by atoms with van der Waals surface area (Å²) in [7, 11) is 1.66. The second-order valence-electron chi connectivity index (χ2n) is 4.92. The van der Waals surface area contributed by atoms with Crippen LogP contribution in [-0.4, -0.2) is 32.0 Å². The maximum atomic E-state index is 9.68. The topological polar surface area (TPSA) is 38.7 Å². The fraction of sp³-hybridized carbons (Fsp3) is 0.571. The van der Waals surface area contributed by atoms with Gasteiger partial charge in [0.25, 0.3) is 0 Å². The molecule has 1 aliphatic rings. The van der Waals surface area contributed by atoms with Gasteiger partial charge in [-0.2, -0.15) is 0 Å². The molecule has 3 nitrogen and oxygen atoms in total. The minimum absolute atomic E-state index is 0.0215. The summed E-state index contributed by atoms with van der Waals surface area (Å²) in [6.07, 6.45) is 2.73. The highest BCUT2D eigenvalue weighted by molar-refractivity contribution is 9.10. The van der Waals surface area contributed by atoms with Gasteiger partial charge in [0.2, 0.25) is 0 Å². The van der Waals surface area contributed by atoms with Crippen LogP contribution in [0.15, 0.2) is 22.7 Å². The lowest BCUT2D eigenvalue weighted by Crippen LogP contribution is -2.35. The Bertz CT molecular complexity index is 400. The predicted molar refractivity (Wildman–Crippen MR) is 74.0 cm³/mol. The number of aliphatic hydroxyl groups is 1. The Morgan fingerprint density at radius 3 is 2.67 bits per heavy atom. The maximum Gasteiger partial charge on any atom is 0.133 e. The van der Waals surface area contributed by atoms with Crippen molar-refractivity contribution in [2.24, 2.45) is 5.41 Å². The molecular weight excluding hydrogens is 296 g/mol. The summed E-state index contributed by atoms with van der Waals surface area (Å²) in [4.78, 5) is 0. The molecule has 1 N–H and O–H groups in total. The molecule has 0 amide bonds. The zero-order chi connectivity index (χ0) is 13.0. The number of hydrogen-bond acceptors (Lipinski definition) is 3. The predicted octanol–water partition coefficient (Wildman–Crippen LogP) is 2.79. The molecule has 0 spiro atoms. The van der Waals surface area contributed by atoms with Crippen LogP contribution >= 0.6 is 15.9 Å². The van der Waals surface area contributed by atoms with E-state index >= 15 is 0 Å². The molecule has 0 radical (unpaired) electrons. The standard InChI is InChI=1S/C14H19BrO3/c1-17-13-3-2-11(8-12(13)15)9-14(10-16)4-6-18-7-5-14/h2-3,8,16H,4-7,9-10H2,1H3. The van der Waals surface area contributed by atoms with Crippen LogP contribution in [0.4, 0.5) is 0 Å². The van der Waals surface area contributed by atoms with E-state index in [0.717, 1.165) is 42.7 Å². The minimum Gasteiger partial charge on any atom is -0.496 e. The molecule has 0 aliphatic carbocycles. The average molecular weight is 315 g/mol. The van der Waals surface area contributed by atoms with E-state index in [-0.39, 0.29) is 12.0 Å². The number of aliphatic hydroxyl groups excluding tert-OH is 1. The van der Waals surface area contributed by atoms with Crippen molar-refractivity contribution >= 4 is 15.9 Å². The van der Waals surface area contributed by atoms with Crippen molar-refractivity contribution in [2.75, 3.05) is 26.9 Å². The summed E-state index contributed by atoms with van der Waals surface area (Å²) in [5.41, 5.74) is 1.20. The number of hydrogen-bond donors (Lipinski definition) is 1. The summed E-state index contributed by atoms with van der Waals surface area (Å²) < 4.78 is 11.6. The second-order valence-corrected chi connectivity index (χ2v) is 5.77. The van der Waals surface area contributed by atoms with Gasteiger partial charge >= 0.3 is 0 Å². The quantitative estimate of drug-likeness (QED) is 0.928. The molecule has 0 aromatic heterocycles. The van der Waals surface area contributed by atoms with Gasteiger partial charge in [-0.3, -0.25) is 0 Å². The first-order chi connectivity index (χ1) is 8.69. The van der Waals surface area contributed by atoms with E-state index < -0.39 is 0 Å². The third-order valence-corrected chi connectivity index (χ3v) is 4.30. The zero-order valence-electron chi connectivity index (χ0n) is 10.6. The molecule has 18 heavy (non-hydrogen) atoms. The van der Waals surface area contributed by atoms with Crippen LogP contribution in [0.25, 0.3) is 0 Å². The van der Waals surface area contributed by atoms with E-state index in [4.69, 9.17) is 9.47 Å². The summed E-state index contributed by atoms with van der Waals surface area (Å²) in [6.45, 7) is 1.72. The van der Waals surface area contributed by atoms with E-state index in [1.54, 1.807) is 7.11 Å². The lowest BCUT2D eigenvalue weighted by atomic mass is 9.76. The van der Waals surface area contributed by atoms with Gasteiger partial charge in [0.15, 0.2) is 0 Å². The summed E-state index contributed by atoms with van der Waals surface area (Å²) in [5, 5.41) is 9.68. The lowest BCUT2D eigenvalue weighted by molar-refractivity contribution is -0.0157. The van der Waals surface area contributed by atoms with Gasteiger partial charge in [0, 0.05) is 25.2 Å². The third-order valence-electron chi connectivity index (χ3n) is 3.68. The van der Waals surface area contributed by atoms with Crippen molar-refractivity contribution < 1.29 is 14.6 Å². The fourth-order valence-corrected chi connectivity index (χ4v) is 3.04. The molecule has 1 aliphatic heterocycles. The summed E-state index contributed by atoms with van der Waals surface area (Å²) in [6, 6.07) is 6.10. The Balaban J connectivity index is 2.14. The van der Waals surface area contributed by atoms with Crippen LogP contribution in [0.3, 0.4) is 0 Å². The molecule has 1 aromatic carbocycles. The SMILES string of the molecule is COc1ccc(CC2(CO)CCOCC2)cc1Br. The molecule has 0 unspecified atom stereocenters. The van der Waals surface area contributed by atoms with Crippen molar-refractivity contribution in [1.29, 1.82) is 0 Å². The Kier molecular flexibility index (Phi) is 4.65. The third kappa shape index (κ3) is 3.05. The Labute approximate surface area is 116 Å². The van der Waals surface area contributed by atoms with Gasteiger partial charge < -0.3 is 14.6 Å². The first-order valence-electron chi connectivity index (χ1n) is 6.20. The molecule has 1 saturated heterocycles. The van der Waals surface area contributed by atoms with Gasteiger partial charge in [0.1, 0.15) is 5.75 Å². The van der Waals surface area contributed by atoms with E-state index in [0.29, 0.717) is 0 Å². The molecule has 1 fully saturated rings. The van der Waals surface area contributed by atoms with Gasteiger partial charge in [-0.1, -0.05) is 6.07 Å². The van der Waals surface area contributed by atoms with E-state index in [2.05, 4.69) is 28.1 Å². The van der Waals surface area contributed by atoms with Crippen molar-refractivity contribution in [3.8, 4) is 5.75 Å². The van der Waals surface area contributed by atoms with E-state index in [1.165, 1.54) is 5.56 Å². The number of ether oxygens (including phenoxy) is 2. The molecular formula is C14H19BrO3. The van der Waals surface area contributed by atoms with E-state index in [9.17, 15) is 5.11 Å². The van der Waals surface area contributed by atoms with Crippen LogP contribution in [0.2, 0.25) is 0 Å². The monoisotopic (exact) mass is 314 g/mol. The van der Waals surface area contributed by atoms with Crippen LogP contribution in [0.1, 0.15) is 18.4 Å².